The van der Waals surface area contributed by atoms with Gasteiger partial charge in [-0.2, -0.15) is 8.78 Å². The summed E-state index contributed by atoms with van der Waals surface area (Å²) in [5.41, 5.74) is -1.34. The maximum atomic E-state index is 15.2. The quantitative estimate of drug-likeness (QED) is 0.0847. The van der Waals surface area contributed by atoms with Gasteiger partial charge in [-0.15, -0.1) is 0 Å². The zero-order valence-corrected chi connectivity index (χ0v) is 27.1. The van der Waals surface area contributed by atoms with Gasteiger partial charge in [0.2, 0.25) is 0 Å². The van der Waals surface area contributed by atoms with Gasteiger partial charge >= 0.3 is 6.11 Å². The van der Waals surface area contributed by atoms with Crippen LogP contribution in [0.25, 0.3) is 22.3 Å². The van der Waals surface area contributed by atoms with E-state index in [9.17, 15) is 30.7 Å². The average Bonchev–Trinajstić information content (AvgIpc) is 3.03. The summed E-state index contributed by atoms with van der Waals surface area (Å²) in [7, 11) is 0. The highest BCUT2D eigenvalue weighted by Gasteiger charge is 2.41. The summed E-state index contributed by atoms with van der Waals surface area (Å²) < 4.78 is 137. The Labute approximate surface area is 283 Å². The van der Waals surface area contributed by atoms with Crippen LogP contribution in [0.3, 0.4) is 0 Å². The van der Waals surface area contributed by atoms with Crippen LogP contribution in [0, 0.1) is 66.4 Å². The Morgan fingerprint density at radius 2 is 1.20 bits per heavy atom. The van der Waals surface area contributed by atoms with Gasteiger partial charge in [0.1, 0.15) is 52.0 Å². The van der Waals surface area contributed by atoms with Crippen molar-refractivity contribution in [3.05, 3.63) is 147 Å². The Bertz CT molecular complexity index is 2100. The molecule has 5 aromatic rings. The van der Waals surface area contributed by atoms with Crippen molar-refractivity contribution >= 4 is 0 Å². The third-order valence-corrected chi connectivity index (χ3v) is 8.17. The van der Waals surface area contributed by atoms with E-state index in [4.69, 9.17) is 0 Å². The van der Waals surface area contributed by atoms with E-state index in [0.29, 0.717) is 35.4 Å². The van der Waals surface area contributed by atoms with Gasteiger partial charge in [0.05, 0.1) is 5.56 Å². The van der Waals surface area contributed by atoms with Crippen molar-refractivity contribution < 1.29 is 44.3 Å². The summed E-state index contributed by atoms with van der Waals surface area (Å²) >= 11 is 0. The van der Waals surface area contributed by atoms with Gasteiger partial charge in [0, 0.05) is 34.4 Å². The lowest BCUT2D eigenvalue weighted by molar-refractivity contribution is -0.189. The number of benzene rings is 5. The van der Waals surface area contributed by atoms with Crippen molar-refractivity contribution in [1.29, 1.82) is 0 Å². The third kappa shape index (κ3) is 7.83. The number of alkyl halides is 2. The third-order valence-electron chi connectivity index (χ3n) is 8.17. The molecular formula is C40H29F9O. The summed E-state index contributed by atoms with van der Waals surface area (Å²) in [4.78, 5) is 0. The molecule has 0 spiro atoms. The highest BCUT2D eigenvalue weighted by atomic mass is 19.3. The molecule has 1 nitrogen and oxygen atoms in total. The fourth-order valence-corrected chi connectivity index (χ4v) is 5.37. The van der Waals surface area contributed by atoms with E-state index in [2.05, 4.69) is 23.5 Å². The van der Waals surface area contributed by atoms with Crippen molar-refractivity contribution in [2.24, 2.45) is 0 Å². The number of unbranched alkanes of at least 4 members (excludes halogenated alkanes) is 2. The van der Waals surface area contributed by atoms with Crippen molar-refractivity contribution in [1.82, 2.24) is 0 Å². The van der Waals surface area contributed by atoms with Gasteiger partial charge in [0.15, 0.2) is 0 Å². The first-order valence-corrected chi connectivity index (χ1v) is 15.6. The van der Waals surface area contributed by atoms with Gasteiger partial charge < -0.3 is 4.74 Å². The number of hydrogen-bond acceptors (Lipinski definition) is 1. The molecule has 0 amide bonds. The summed E-state index contributed by atoms with van der Waals surface area (Å²) in [5, 5.41) is 0. The largest absolute Gasteiger partial charge is 0.432 e. The molecule has 0 atom stereocenters. The molecule has 0 aliphatic carbocycles. The molecule has 5 rings (SSSR count). The number of halogens is 9. The predicted molar refractivity (Wildman–Crippen MR) is 173 cm³/mol. The SMILES string of the molecule is CCCCCc1ccc(-c2ccc(C#Cc3cc(F)c(-c4cc(F)c(C(F)(F)Oc5cc(F)c(C)c(F)c5)c(F)c4)cc3C)c(F)c2)c(F)c1. The molecule has 0 radical (unpaired) electrons. The molecule has 0 aliphatic rings. The van der Waals surface area contributed by atoms with Crippen molar-refractivity contribution in [3.8, 4) is 39.8 Å². The van der Waals surface area contributed by atoms with Crippen LogP contribution in [-0.4, -0.2) is 0 Å². The number of ether oxygens (including phenoxy) is 1. The van der Waals surface area contributed by atoms with Crippen molar-refractivity contribution in [2.45, 2.75) is 52.6 Å². The molecule has 0 aliphatic heterocycles. The molecule has 0 heterocycles. The van der Waals surface area contributed by atoms with Crippen LogP contribution in [0.5, 0.6) is 5.75 Å². The molecule has 258 valence electrons. The van der Waals surface area contributed by atoms with Crippen LogP contribution in [0.4, 0.5) is 39.5 Å². The molecule has 0 fully saturated rings. The second kappa shape index (κ2) is 14.8. The van der Waals surface area contributed by atoms with E-state index in [0.717, 1.165) is 50.3 Å². The maximum Gasteiger partial charge on any atom is 0.432 e. The maximum absolute atomic E-state index is 15.2. The first-order valence-electron chi connectivity index (χ1n) is 15.6. The van der Waals surface area contributed by atoms with Crippen molar-refractivity contribution in [3.63, 3.8) is 0 Å². The predicted octanol–water partition coefficient (Wildman–Crippen LogP) is 11.9. The number of hydrogen-bond donors (Lipinski definition) is 0. The van der Waals surface area contributed by atoms with E-state index in [-0.39, 0.29) is 22.3 Å². The lowest BCUT2D eigenvalue weighted by Crippen LogP contribution is -2.25. The van der Waals surface area contributed by atoms with Crippen LogP contribution in [0.2, 0.25) is 0 Å². The Hall–Kier alpha value is -5.17. The fourth-order valence-electron chi connectivity index (χ4n) is 5.37. The van der Waals surface area contributed by atoms with E-state index in [1.165, 1.54) is 31.2 Å². The van der Waals surface area contributed by atoms with Crippen LogP contribution >= 0.6 is 0 Å². The minimum atomic E-state index is -4.70. The fraction of sp³-hybridized carbons (Fsp3) is 0.200. The first-order chi connectivity index (χ1) is 23.7. The minimum absolute atomic E-state index is 0.0479. The molecule has 5 aromatic carbocycles. The molecule has 0 saturated carbocycles. The zero-order valence-electron chi connectivity index (χ0n) is 27.1. The Morgan fingerprint density at radius 1 is 0.580 bits per heavy atom. The first kappa shape index (κ1) is 36.1. The van der Waals surface area contributed by atoms with Crippen LogP contribution in [0.15, 0.2) is 72.8 Å². The normalized spacial score (nSPS) is 11.4. The van der Waals surface area contributed by atoms with Crippen LogP contribution in [-0.2, 0) is 12.5 Å². The smallest absolute Gasteiger partial charge is 0.429 e. The lowest BCUT2D eigenvalue weighted by Gasteiger charge is -2.20. The minimum Gasteiger partial charge on any atom is -0.429 e. The molecule has 0 bridgehead atoms. The number of aryl methyl sites for hydroxylation is 2. The second-order valence-corrected chi connectivity index (χ2v) is 11.8. The Balaban J connectivity index is 1.37. The highest BCUT2D eigenvalue weighted by molar-refractivity contribution is 5.69. The summed E-state index contributed by atoms with van der Waals surface area (Å²) in [6, 6.07) is 12.8. The lowest BCUT2D eigenvalue weighted by atomic mass is 9.97. The van der Waals surface area contributed by atoms with Gasteiger partial charge in [-0.05, 0) is 91.4 Å². The topological polar surface area (TPSA) is 9.23 Å². The number of rotatable bonds is 9. The molecule has 0 saturated heterocycles. The van der Waals surface area contributed by atoms with Gasteiger partial charge in [0.25, 0.3) is 0 Å². The van der Waals surface area contributed by atoms with Gasteiger partial charge in [-0.1, -0.05) is 49.8 Å². The Kier molecular flexibility index (Phi) is 10.7. The van der Waals surface area contributed by atoms with E-state index in [1.54, 1.807) is 12.1 Å². The zero-order chi connectivity index (χ0) is 36.3. The molecule has 0 aromatic heterocycles. The molecule has 0 N–H and O–H groups in total. The van der Waals surface area contributed by atoms with Crippen LogP contribution < -0.4 is 4.74 Å². The summed E-state index contributed by atoms with van der Waals surface area (Å²) in [6.07, 6.45) is -0.937. The second-order valence-electron chi connectivity index (χ2n) is 11.8. The van der Waals surface area contributed by atoms with Crippen molar-refractivity contribution in [2.75, 3.05) is 0 Å². The van der Waals surface area contributed by atoms with E-state index >= 15 is 8.78 Å². The van der Waals surface area contributed by atoms with Gasteiger partial charge in [-0.3, -0.25) is 0 Å². The van der Waals surface area contributed by atoms with E-state index < -0.39 is 69.3 Å². The summed E-state index contributed by atoms with van der Waals surface area (Å²) in [5.74, 6) is -3.99. The van der Waals surface area contributed by atoms with Gasteiger partial charge in [-0.25, -0.2) is 30.7 Å². The van der Waals surface area contributed by atoms with Crippen LogP contribution in [0.1, 0.15) is 59.6 Å². The summed E-state index contributed by atoms with van der Waals surface area (Å²) in [6.45, 7) is 4.64. The standard InChI is InChI=1S/C40H29F9O/c1-4-5-6-7-24-8-13-30(35(44)15-24)27-12-10-25(34(43)17-27)9-11-26-16-36(45)31(14-22(26)2)28-18-37(46)39(38(47)19-28)40(48,49)50-29-20-32(41)23(3)33(42)21-29/h8,10,12-21H,4-7H2,1-3H3. The molecular weight excluding hydrogens is 667 g/mol. The molecule has 0 unspecified atom stereocenters. The molecule has 10 heteroatoms. The monoisotopic (exact) mass is 696 g/mol. The Morgan fingerprint density at radius 3 is 1.82 bits per heavy atom. The average molecular weight is 697 g/mol. The highest BCUT2D eigenvalue weighted by Crippen LogP contribution is 2.38. The molecule has 50 heavy (non-hydrogen) atoms. The van der Waals surface area contributed by atoms with E-state index in [1.807, 2.05) is 0 Å².